The highest BCUT2D eigenvalue weighted by molar-refractivity contribution is 7.26. The van der Waals surface area contributed by atoms with Gasteiger partial charge in [0.15, 0.2) is 0 Å². The van der Waals surface area contributed by atoms with Crippen LogP contribution >= 0.6 is 22.7 Å². The van der Waals surface area contributed by atoms with Gasteiger partial charge in [-0.3, -0.25) is 0 Å². The van der Waals surface area contributed by atoms with Crippen molar-refractivity contribution in [1.29, 1.82) is 0 Å². The molecule has 0 N–H and O–H groups in total. The van der Waals surface area contributed by atoms with Gasteiger partial charge in [0.25, 0.3) is 0 Å². The zero-order valence-corrected chi connectivity index (χ0v) is 50.0. The van der Waals surface area contributed by atoms with Crippen LogP contribution in [0.15, 0.2) is 328 Å². The van der Waals surface area contributed by atoms with Crippen LogP contribution in [-0.4, -0.2) is 0 Å². The Bertz CT molecular complexity index is 5590. The summed E-state index contributed by atoms with van der Waals surface area (Å²) in [4.78, 5) is 4.87. The Morgan fingerprint density at radius 1 is 0.247 bits per heavy atom. The van der Waals surface area contributed by atoms with E-state index >= 15 is 0 Å². The molecule has 15 aromatic carbocycles. The molecule has 0 amide bonds. The second kappa shape index (κ2) is 20.6. The second-order valence-electron chi connectivity index (χ2n) is 23.4. The van der Waals surface area contributed by atoms with E-state index < -0.39 is 5.41 Å². The fourth-order valence-corrected chi connectivity index (χ4v) is 17.3. The Morgan fingerprint density at radius 2 is 0.674 bits per heavy atom. The van der Waals surface area contributed by atoms with Crippen LogP contribution in [0.4, 0.5) is 34.1 Å². The molecule has 0 saturated heterocycles. The molecule has 0 radical (unpaired) electrons. The first-order valence-corrected chi connectivity index (χ1v) is 32.2. The normalized spacial score (nSPS) is 12.6. The van der Waals surface area contributed by atoms with Crippen LogP contribution in [0.2, 0.25) is 0 Å². The highest BCUT2D eigenvalue weighted by atomic mass is 32.1. The zero-order valence-electron chi connectivity index (χ0n) is 48.4. The van der Waals surface area contributed by atoms with Crippen LogP contribution in [0.5, 0.6) is 0 Å². The second-order valence-corrected chi connectivity index (χ2v) is 25.5. The van der Waals surface area contributed by atoms with Crippen molar-refractivity contribution in [2.75, 3.05) is 9.80 Å². The molecule has 416 valence electrons. The average Bonchev–Trinajstić information content (AvgIpc) is 1.53. The first-order valence-electron chi connectivity index (χ1n) is 30.6. The smallest absolute Gasteiger partial charge is 0.0725 e. The van der Waals surface area contributed by atoms with E-state index in [1.807, 2.05) is 22.7 Å². The average molecular weight is 1170 g/mol. The van der Waals surface area contributed by atoms with E-state index in [0.29, 0.717) is 0 Å². The molecule has 0 bridgehead atoms. The fraction of sp³-hybridized carbons (Fsp3) is 0.0118. The summed E-state index contributed by atoms with van der Waals surface area (Å²) in [5.74, 6) is 0. The first-order chi connectivity index (χ1) is 44.2. The molecule has 2 nitrogen and oxygen atoms in total. The predicted molar refractivity (Wildman–Crippen MR) is 382 cm³/mol. The van der Waals surface area contributed by atoms with Gasteiger partial charge >= 0.3 is 0 Å². The van der Waals surface area contributed by atoms with Gasteiger partial charge in [-0.15, -0.1) is 22.7 Å². The number of anilines is 6. The molecule has 1 aliphatic rings. The Hall–Kier alpha value is -10.9. The summed E-state index contributed by atoms with van der Waals surface area (Å²) in [6.07, 6.45) is 0. The van der Waals surface area contributed by atoms with Gasteiger partial charge in [0.1, 0.15) is 0 Å². The van der Waals surface area contributed by atoms with E-state index in [1.54, 1.807) is 0 Å². The molecule has 0 atom stereocenters. The summed E-state index contributed by atoms with van der Waals surface area (Å²) < 4.78 is 5.14. The number of para-hydroxylation sites is 2. The number of nitrogens with zero attached hydrogens (tertiary/aromatic N) is 2. The van der Waals surface area contributed by atoms with Gasteiger partial charge in [0.05, 0.1) is 26.2 Å². The Balaban J connectivity index is 0.815. The van der Waals surface area contributed by atoms with E-state index in [1.165, 1.54) is 129 Å². The number of thiophene rings is 2. The van der Waals surface area contributed by atoms with Gasteiger partial charge in [-0.2, -0.15) is 0 Å². The third-order valence-electron chi connectivity index (χ3n) is 18.6. The largest absolute Gasteiger partial charge is 0.309 e. The van der Waals surface area contributed by atoms with E-state index in [2.05, 4.69) is 337 Å². The quantitative estimate of drug-likeness (QED) is 0.126. The number of hydrogen-bond donors (Lipinski definition) is 0. The highest BCUT2D eigenvalue weighted by Gasteiger charge is 2.49. The van der Waals surface area contributed by atoms with Crippen LogP contribution in [0, 0.1) is 0 Å². The van der Waals surface area contributed by atoms with Crippen LogP contribution in [-0.2, 0) is 5.41 Å². The summed E-state index contributed by atoms with van der Waals surface area (Å²) in [5.41, 5.74) is 18.5. The molecule has 1 aliphatic carbocycles. The highest BCUT2D eigenvalue weighted by Crippen LogP contribution is 2.62. The molecule has 89 heavy (non-hydrogen) atoms. The van der Waals surface area contributed by atoms with Gasteiger partial charge in [-0.05, 0) is 173 Å². The third-order valence-corrected chi connectivity index (χ3v) is 21.0. The van der Waals surface area contributed by atoms with Crippen molar-refractivity contribution < 1.29 is 0 Å². The van der Waals surface area contributed by atoms with Gasteiger partial charge < -0.3 is 9.80 Å². The maximum Gasteiger partial charge on any atom is 0.0725 e. The Morgan fingerprint density at radius 3 is 1.22 bits per heavy atom. The van der Waals surface area contributed by atoms with Gasteiger partial charge in [-0.1, -0.05) is 243 Å². The van der Waals surface area contributed by atoms with Gasteiger partial charge in [-0.25, -0.2) is 0 Å². The van der Waals surface area contributed by atoms with Crippen LogP contribution in [0.3, 0.4) is 0 Å². The lowest BCUT2D eigenvalue weighted by atomic mass is 9.65. The minimum atomic E-state index is -0.689. The molecule has 17 aromatic rings. The van der Waals surface area contributed by atoms with Crippen molar-refractivity contribution in [2.24, 2.45) is 0 Å². The number of fused-ring (bicyclic) bond motifs is 16. The lowest BCUT2D eigenvalue weighted by Gasteiger charge is -2.35. The van der Waals surface area contributed by atoms with Gasteiger partial charge in [0, 0.05) is 53.7 Å². The molecule has 0 saturated carbocycles. The minimum Gasteiger partial charge on any atom is -0.309 e. The van der Waals surface area contributed by atoms with Crippen molar-refractivity contribution in [1.82, 2.24) is 0 Å². The molecule has 2 aromatic heterocycles. The van der Waals surface area contributed by atoms with Crippen molar-refractivity contribution in [3.63, 3.8) is 0 Å². The van der Waals surface area contributed by atoms with Crippen molar-refractivity contribution >= 4 is 129 Å². The van der Waals surface area contributed by atoms with Crippen LogP contribution in [0.25, 0.3) is 106 Å². The monoisotopic (exact) mass is 1170 g/mol. The summed E-state index contributed by atoms with van der Waals surface area (Å²) >= 11 is 3.74. The molecule has 0 fully saturated rings. The number of hydrogen-bond acceptors (Lipinski definition) is 4. The number of rotatable bonds is 10. The third kappa shape index (κ3) is 8.01. The Kier molecular flexibility index (Phi) is 11.9. The zero-order chi connectivity index (χ0) is 58.6. The predicted octanol–water partition coefficient (Wildman–Crippen LogP) is 24.5. The van der Waals surface area contributed by atoms with E-state index in [9.17, 15) is 0 Å². The molecule has 0 aliphatic heterocycles. The lowest BCUT2D eigenvalue weighted by molar-refractivity contribution is 0.783. The topological polar surface area (TPSA) is 6.48 Å². The lowest BCUT2D eigenvalue weighted by Crippen LogP contribution is -2.29. The molecule has 4 heteroatoms. The summed E-state index contributed by atoms with van der Waals surface area (Å²) in [7, 11) is 0. The van der Waals surface area contributed by atoms with E-state index in [0.717, 1.165) is 33.9 Å². The molecular weight excluding hydrogens is 1110 g/mol. The van der Waals surface area contributed by atoms with E-state index in [4.69, 9.17) is 0 Å². The fourth-order valence-electron chi connectivity index (χ4n) is 14.9. The van der Waals surface area contributed by atoms with Crippen LogP contribution in [0.1, 0.15) is 22.3 Å². The summed E-state index contributed by atoms with van der Waals surface area (Å²) in [6.45, 7) is 0. The molecule has 2 heterocycles. The molecular formula is C85H54N2S2. The molecule has 18 rings (SSSR count). The Labute approximate surface area is 524 Å². The van der Waals surface area contributed by atoms with Gasteiger partial charge in [0.2, 0.25) is 0 Å². The van der Waals surface area contributed by atoms with E-state index in [-0.39, 0.29) is 0 Å². The first kappa shape index (κ1) is 51.4. The van der Waals surface area contributed by atoms with Crippen molar-refractivity contribution in [2.45, 2.75) is 5.41 Å². The molecule has 0 spiro atoms. The maximum absolute atomic E-state index is 2.47. The SMILES string of the molecule is c1ccc(N(c2cccc(-c3ccc4c5c(ccc4c3)-c3c(c4ccc(-c6cccc(N(c7ccccc7)c7cccc8c7sc7ccccc78)c6)cc4c4ccccc34)C5(c3ccccc3)c3ccccc3)c2)c2cccc3c2sc2ccccc23)cc1. The number of benzene rings is 15. The summed E-state index contributed by atoms with van der Waals surface area (Å²) in [5, 5.41) is 12.6. The maximum atomic E-state index is 2.47. The standard InChI is InChI=1S/C85H54N2S2/c1-5-25-60(26-6-1)85(61-27-7-2-8-28-61)81-66-48-45-57(55-23-19-33-64(52-55)86(62-29-9-3-10-30-62)76-41-21-39-72-68-36-15-17-43-78(68)88-83(72)76)51-59(66)47-50-74(81)80-70-38-14-13-35-67(70)75-54-58(46-49-71(75)82(80)85)56-24-20-34-65(53-56)87(63-31-11-4-12-32-63)77-42-22-40-73-69-37-16-18-44-79(69)89-84(73)77/h1-54H. The molecule has 0 unspecified atom stereocenters. The van der Waals surface area contributed by atoms with Crippen molar-refractivity contribution in [3.05, 3.63) is 350 Å². The summed E-state index contributed by atoms with van der Waals surface area (Å²) in [6, 6.07) is 122. The minimum absolute atomic E-state index is 0.689. The van der Waals surface area contributed by atoms with Crippen LogP contribution < -0.4 is 9.80 Å². The van der Waals surface area contributed by atoms with Crippen molar-refractivity contribution in [3.8, 4) is 33.4 Å².